The molecule has 0 radical (unpaired) electrons. The quantitative estimate of drug-likeness (QED) is 0.476. The first-order valence-corrected chi connectivity index (χ1v) is 9.76. The highest BCUT2D eigenvalue weighted by molar-refractivity contribution is 6.05. The molecule has 0 saturated carbocycles. The van der Waals surface area contributed by atoms with Gasteiger partial charge in [0.25, 0.3) is 5.91 Å². The average molecular weight is 416 g/mol. The summed E-state index contributed by atoms with van der Waals surface area (Å²) in [6, 6.07) is 18.4. The summed E-state index contributed by atoms with van der Waals surface area (Å²) in [5.74, 6) is -1.03. The Hall–Kier alpha value is -4.13. The molecule has 0 bridgehead atoms. The third-order valence-corrected chi connectivity index (χ3v) is 4.98. The van der Waals surface area contributed by atoms with E-state index in [-0.39, 0.29) is 17.3 Å². The van der Waals surface area contributed by atoms with E-state index in [1.807, 2.05) is 30.3 Å². The number of rotatable bonds is 5. The molecule has 156 valence electrons. The second kappa shape index (κ2) is 8.71. The van der Waals surface area contributed by atoms with Crippen LogP contribution in [0.25, 0.3) is 6.08 Å². The van der Waals surface area contributed by atoms with Crippen molar-refractivity contribution in [1.29, 1.82) is 0 Å². The number of halogens is 1. The van der Waals surface area contributed by atoms with Crippen LogP contribution in [-0.2, 0) is 11.3 Å². The van der Waals surface area contributed by atoms with Gasteiger partial charge in [0.1, 0.15) is 5.82 Å². The minimum atomic E-state index is -0.484. The number of benzene rings is 3. The number of nitrogen functional groups attached to an aromatic ring is 1. The Morgan fingerprint density at radius 1 is 1.00 bits per heavy atom. The lowest BCUT2D eigenvalue weighted by Crippen LogP contribution is -2.28. The largest absolute Gasteiger partial charge is 0.397 e. The Labute approximate surface area is 179 Å². The molecule has 0 fully saturated rings. The molecular formula is C24H21FN4O2. The van der Waals surface area contributed by atoms with Crippen molar-refractivity contribution in [2.75, 3.05) is 22.9 Å². The van der Waals surface area contributed by atoms with Crippen LogP contribution >= 0.6 is 0 Å². The molecule has 0 atom stereocenters. The van der Waals surface area contributed by atoms with Gasteiger partial charge < -0.3 is 21.7 Å². The highest BCUT2D eigenvalue weighted by Gasteiger charge is 2.15. The van der Waals surface area contributed by atoms with E-state index in [0.717, 1.165) is 16.8 Å². The summed E-state index contributed by atoms with van der Waals surface area (Å²) in [5.41, 5.74) is 10.2. The summed E-state index contributed by atoms with van der Waals surface area (Å²) in [4.78, 5) is 24.9. The summed E-state index contributed by atoms with van der Waals surface area (Å²) in [6.45, 7) is 0.793. The minimum Gasteiger partial charge on any atom is -0.397 e. The van der Waals surface area contributed by atoms with Gasteiger partial charge in [0.2, 0.25) is 5.91 Å². The highest BCUT2D eigenvalue weighted by Crippen LogP contribution is 2.23. The van der Waals surface area contributed by atoms with Crippen LogP contribution in [0.15, 0.2) is 72.3 Å². The van der Waals surface area contributed by atoms with E-state index >= 15 is 0 Å². The Bertz CT molecular complexity index is 1170. The van der Waals surface area contributed by atoms with Crippen LogP contribution in [0.4, 0.5) is 21.5 Å². The molecule has 0 aromatic heterocycles. The molecular weight excluding hydrogens is 395 g/mol. The standard InChI is InChI=1S/C24H21FN4O2/c25-19-9-10-20(26)22(12-19)29-24(31)16-7-5-15(6-8-16)13-28-23(30)18-11-17-3-1-2-4-21(17)27-14-18/h1-12,27H,13-14,26H2,(H,28,30)(H,29,31). The fourth-order valence-corrected chi connectivity index (χ4v) is 3.26. The topological polar surface area (TPSA) is 96.2 Å². The molecule has 7 heteroatoms. The van der Waals surface area contributed by atoms with E-state index < -0.39 is 11.7 Å². The fraction of sp³-hybridized carbons (Fsp3) is 0.0833. The predicted octanol–water partition coefficient (Wildman–Crippen LogP) is 3.79. The van der Waals surface area contributed by atoms with E-state index in [0.29, 0.717) is 24.2 Å². The lowest BCUT2D eigenvalue weighted by atomic mass is 10.0. The molecule has 0 saturated heterocycles. The van der Waals surface area contributed by atoms with Crippen molar-refractivity contribution < 1.29 is 14.0 Å². The molecule has 3 aromatic carbocycles. The van der Waals surface area contributed by atoms with Crippen LogP contribution in [0.2, 0.25) is 0 Å². The van der Waals surface area contributed by atoms with Gasteiger partial charge in [-0.15, -0.1) is 0 Å². The second-order valence-corrected chi connectivity index (χ2v) is 7.18. The maximum atomic E-state index is 13.4. The minimum absolute atomic E-state index is 0.148. The van der Waals surface area contributed by atoms with Gasteiger partial charge in [-0.1, -0.05) is 30.3 Å². The Morgan fingerprint density at radius 3 is 2.58 bits per heavy atom. The van der Waals surface area contributed by atoms with Crippen molar-refractivity contribution >= 4 is 35.0 Å². The molecule has 4 rings (SSSR count). The predicted molar refractivity (Wildman–Crippen MR) is 120 cm³/mol. The number of amides is 2. The van der Waals surface area contributed by atoms with Crippen LogP contribution in [0.1, 0.15) is 21.5 Å². The number of anilines is 3. The molecule has 31 heavy (non-hydrogen) atoms. The summed E-state index contributed by atoms with van der Waals surface area (Å²) < 4.78 is 13.4. The molecule has 3 aromatic rings. The van der Waals surface area contributed by atoms with Gasteiger partial charge in [-0.05, 0) is 53.6 Å². The van der Waals surface area contributed by atoms with Crippen molar-refractivity contribution in [2.24, 2.45) is 0 Å². The van der Waals surface area contributed by atoms with Crippen molar-refractivity contribution in [3.05, 3.63) is 94.8 Å². The number of fused-ring (bicyclic) bond motifs is 1. The van der Waals surface area contributed by atoms with E-state index in [2.05, 4.69) is 16.0 Å². The van der Waals surface area contributed by atoms with Crippen LogP contribution < -0.4 is 21.7 Å². The van der Waals surface area contributed by atoms with Crippen LogP contribution in [0, 0.1) is 5.82 Å². The number of carbonyl (C=O) groups is 2. The zero-order chi connectivity index (χ0) is 21.8. The van der Waals surface area contributed by atoms with Gasteiger partial charge in [0.15, 0.2) is 0 Å². The maximum Gasteiger partial charge on any atom is 0.255 e. The van der Waals surface area contributed by atoms with Crippen LogP contribution in [0.5, 0.6) is 0 Å². The number of para-hydroxylation sites is 1. The lowest BCUT2D eigenvalue weighted by molar-refractivity contribution is -0.117. The van der Waals surface area contributed by atoms with Gasteiger partial charge in [0, 0.05) is 29.9 Å². The number of hydrogen-bond acceptors (Lipinski definition) is 4. The fourth-order valence-electron chi connectivity index (χ4n) is 3.26. The van der Waals surface area contributed by atoms with Crippen molar-refractivity contribution in [3.63, 3.8) is 0 Å². The number of nitrogens with two attached hydrogens (primary N) is 1. The third-order valence-electron chi connectivity index (χ3n) is 4.98. The number of carbonyl (C=O) groups excluding carboxylic acids is 2. The molecule has 1 aliphatic heterocycles. The monoisotopic (exact) mass is 416 g/mol. The number of nitrogens with one attached hydrogen (secondary N) is 3. The smallest absolute Gasteiger partial charge is 0.255 e. The normalized spacial score (nSPS) is 12.2. The molecule has 1 aliphatic rings. The van der Waals surface area contributed by atoms with Crippen LogP contribution in [0.3, 0.4) is 0 Å². The SMILES string of the molecule is Nc1ccc(F)cc1NC(=O)c1ccc(CNC(=O)C2=Cc3ccccc3NC2)cc1. The van der Waals surface area contributed by atoms with Crippen molar-refractivity contribution in [2.45, 2.75) is 6.54 Å². The van der Waals surface area contributed by atoms with Crippen molar-refractivity contribution in [3.8, 4) is 0 Å². The van der Waals surface area contributed by atoms with Crippen LogP contribution in [-0.4, -0.2) is 18.4 Å². The van der Waals surface area contributed by atoms with E-state index in [4.69, 9.17) is 5.73 Å². The summed E-state index contributed by atoms with van der Waals surface area (Å²) >= 11 is 0. The van der Waals surface area contributed by atoms with Gasteiger partial charge >= 0.3 is 0 Å². The zero-order valence-corrected chi connectivity index (χ0v) is 16.6. The molecule has 0 unspecified atom stereocenters. The first-order chi connectivity index (χ1) is 15.0. The van der Waals surface area contributed by atoms with Gasteiger partial charge in [-0.3, -0.25) is 9.59 Å². The van der Waals surface area contributed by atoms with E-state index in [1.54, 1.807) is 24.3 Å². The summed E-state index contributed by atoms with van der Waals surface area (Å²) in [6.07, 6.45) is 1.88. The van der Waals surface area contributed by atoms with E-state index in [1.165, 1.54) is 18.2 Å². The molecule has 2 amide bonds. The average Bonchev–Trinajstić information content (AvgIpc) is 2.79. The summed E-state index contributed by atoms with van der Waals surface area (Å²) in [7, 11) is 0. The highest BCUT2D eigenvalue weighted by atomic mass is 19.1. The maximum absolute atomic E-state index is 13.4. The Kier molecular flexibility index (Phi) is 5.66. The molecule has 0 spiro atoms. The Morgan fingerprint density at radius 2 is 1.77 bits per heavy atom. The Balaban J connectivity index is 1.35. The van der Waals surface area contributed by atoms with Gasteiger partial charge in [0.05, 0.1) is 11.4 Å². The molecule has 6 nitrogen and oxygen atoms in total. The van der Waals surface area contributed by atoms with Gasteiger partial charge in [-0.25, -0.2) is 4.39 Å². The number of hydrogen-bond donors (Lipinski definition) is 4. The van der Waals surface area contributed by atoms with E-state index in [9.17, 15) is 14.0 Å². The lowest BCUT2D eigenvalue weighted by Gasteiger charge is -2.18. The van der Waals surface area contributed by atoms with Gasteiger partial charge in [-0.2, -0.15) is 0 Å². The first kappa shape index (κ1) is 20.2. The molecule has 1 heterocycles. The zero-order valence-electron chi connectivity index (χ0n) is 16.6. The second-order valence-electron chi connectivity index (χ2n) is 7.18. The van der Waals surface area contributed by atoms with Crippen molar-refractivity contribution in [1.82, 2.24) is 5.32 Å². The molecule has 0 aliphatic carbocycles. The third kappa shape index (κ3) is 4.72. The summed E-state index contributed by atoms with van der Waals surface area (Å²) in [5, 5.41) is 8.73. The first-order valence-electron chi connectivity index (χ1n) is 9.76. The molecule has 5 N–H and O–H groups in total.